The molecule has 2 N–H and O–H groups in total. The van der Waals surface area contributed by atoms with Crippen molar-refractivity contribution in [2.24, 2.45) is 0 Å². The Bertz CT molecular complexity index is 1140. The fourth-order valence-corrected chi connectivity index (χ4v) is 3.43. The van der Waals surface area contributed by atoms with Gasteiger partial charge < -0.3 is 10.4 Å². The van der Waals surface area contributed by atoms with Crippen LogP contribution in [0, 0.1) is 0 Å². The Labute approximate surface area is 169 Å². The number of benzene rings is 2. The molecule has 0 aliphatic heterocycles. The summed E-state index contributed by atoms with van der Waals surface area (Å²) in [5, 5.41) is 17.2. The van der Waals surface area contributed by atoms with Crippen molar-refractivity contribution < 1.29 is 14.7 Å². The molecule has 7 nitrogen and oxygen atoms in total. The lowest BCUT2D eigenvalue weighted by Gasteiger charge is -2.16. The van der Waals surface area contributed by atoms with E-state index < -0.39 is 30.0 Å². The topological polar surface area (TPSA) is 101 Å². The van der Waals surface area contributed by atoms with Crippen LogP contribution in [0.1, 0.15) is 29.0 Å². The quantitative estimate of drug-likeness (QED) is 0.660. The predicted molar refractivity (Wildman–Crippen MR) is 106 cm³/mol. The largest absolute Gasteiger partial charge is 0.476 e. The molecule has 1 atom stereocenters. The molecule has 0 spiro atoms. The highest BCUT2D eigenvalue weighted by molar-refractivity contribution is 6.35. The summed E-state index contributed by atoms with van der Waals surface area (Å²) in [6, 6.07) is 10.7. The second-order valence-electron chi connectivity index (χ2n) is 6.12. The molecule has 0 saturated heterocycles. The Morgan fingerprint density at radius 3 is 2.50 bits per heavy atom. The zero-order valence-corrected chi connectivity index (χ0v) is 16.2. The third kappa shape index (κ3) is 4.00. The number of aromatic nitrogens is 2. The highest BCUT2D eigenvalue weighted by Crippen LogP contribution is 2.26. The van der Waals surface area contributed by atoms with Crippen molar-refractivity contribution >= 4 is 45.9 Å². The van der Waals surface area contributed by atoms with Gasteiger partial charge in [0.2, 0.25) is 5.91 Å². The number of rotatable bonds is 5. The summed E-state index contributed by atoms with van der Waals surface area (Å²) in [5.41, 5.74) is -0.186. The van der Waals surface area contributed by atoms with Crippen LogP contribution in [0.2, 0.25) is 10.0 Å². The van der Waals surface area contributed by atoms with Crippen LogP contribution in [-0.2, 0) is 11.3 Å². The lowest BCUT2D eigenvalue weighted by Crippen LogP contribution is -2.36. The number of nitrogens with one attached hydrogen (secondary N) is 1. The molecule has 3 aromatic rings. The number of carboxylic acid groups (broad SMARTS) is 1. The number of nitrogens with zero attached hydrogens (tertiary/aromatic N) is 2. The molecule has 0 unspecified atom stereocenters. The lowest BCUT2D eigenvalue weighted by molar-refractivity contribution is -0.122. The van der Waals surface area contributed by atoms with Crippen LogP contribution in [-0.4, -0.2) is 26.8 Å². The van der Waals surface area contributed by atoms with Gasteiger partial charge in [0.25, 0.3) is 5.56 Å². The van der Waals surface area contributed by atoms with Crippen LogP contribution in [0.3, 0.4) is 0 Å². The average molecular weight is 420 g/mol. The molecule has 1 aromatic heterocycles. The Morgan fingerprint density at radius 2 is 1.86 bits per heavy atom. The van der Waals surface area contributed by atoms with Gasteiger partial charge in [-0.1, -0.05) is 47.5 Å². The second-order valence-corrected chi connectivity index (χ2v) is 6.96. The Kier molecular flexibility index (Phi) is 5.67. The monoisotopic (exact) mass is 419 g/mol. The molecule has 28 heavy (non-hydrogen) atoms. The van der Waals surface area contributed by atoms with Crippen molar-refractivity contribution in [3.8, 4) is 0 Å². The minimum absolute atomic E-state index is 0.177. The van der Waals surface area contributed by atoms with Crippen LogP contribution in [0.4, 0.5) is 0 Å². The van der Waals surface area contributed by atoms with Crippen LogP contribution in [0.25, 0.3) is 10.8 Å². The third-order valence-electron chi connectivity index (χ3n) is 4.17. The fraction of sp³-hybridized carbons (Fsp3) is 0.158. The molecule has 0 aliphatic carbocycles. The Balaban J connectivity index is 1.88. The normalized spacial score (nSPS) is 12.0. The molecule has 0 aliphatic rings. The first kappa shape index (κ1) is 19.9. The van der Waals surface area contributed by atoms with Gasteiger partial charge in [-0.05, 0) is 30.7 Å². The predicted octanol–water partition coefficient (Wildman–Crippen LogP) is 3.28. The maximum atomic E-state index is 12.6. The molecule has 144 valence electrons. The first-order valence-electron chi connectivity index (χ1n) is 8.25. The van der Waals surface area contributed by atoms with E-state index in [0.29, 0.717) is 15.6 Å². The summed E-state index contributed by atoms with van der Waals surface area (Å²) in [6.45, 7) is 1.30. The molecule has 2 aromatic carbocycles. The molecule has 0 bridgehead atoms. The highest BCUT2D eigenvalue weighted by atomic mass is 35.5. The number of carbonyl (C=O) groups is 2. The smallest absolute Gasteiger partial charge is 0.357 e. The van der Waals surface area contributed by atoms with Gasteiger partial charge in [0, 0.05) is 15.4 Å². The maximum absolute atomic E-state index is 12.6. The third-order valence-corrected chi connectivity index (χ3v) is 4.73. The average Bonchev–Trinajstić information content (AvgIpc) is 2.63. The Hall–Kier alpha value is -2.90. The van der Waals surface area contributed by atoms with Gasteiger partial charge in [-0.25, -0.2) is 9.48 Å². The summed E-state index contributed by atoms with van der Waals surface area (Å²) < 4.78 is 0.845. The van der Waals surface area contributed by atoms with Crippen LogP contribution >= 0.6 is 23.2 Å². The minimum Gasteiger partial charge on any atom is -0.476 e. The molecule has 0 saturated carbocycles. The van der Waals surface area contributed by atoms with Gasteiger partial charge in [0.1, 0.15) is 6.54 Å². The zero-order valence-electron chi connectivity index (χ0n) is 14.6. The first-order chi connectivity index (χ1) is 13.3. The van der Waals surface area contributed by atoms with Gasteiger partial charge in [-0.15, -0.1) is 0 Å². The van der Waals surface area contributed by atoms with E-state index in [1.165, 1.54) is 12.1 Å². The van der Waals surface area contributed by atoms with Gasteiger partial charge >= 0.3 is 5.97 Å². The van der Waals surface area contributed by atoms with Crippen LogP contribution in [0.15, 0.2) is 47.3 Å². The van der Waals surface area contributed by atoms with Crippen molar-refractivity contribution in [1.29, 1.82) is 0 Å². The number of hydrogen-bond acceptors (Lipinski definition) is 4. The molecule has 3 rings (SSSR count). The van der Waals surface area contributed by atoms with Crippen molar-refractivity contribution in [3.05, 3.63) is 74.1 Å². The number of halogens is 2. The van der Waals surface area contributed by atoms with Gasteiger partial charge in [0.05, 0.1) is 11.4 Å². The Morgan fingerprint density at radius 1 is 1.18 bits per heavy atom. The highest BCUT2D eigenvalue weighted by Gasteiger charge is 2.18. The number of aromatic carboxylic acids is 1. The van der Waals surface area contributed by atoms with E-state index in [0.717, 1.165) is 4.68 Å². The summed E-state index contributed by atoms with van der Waals surface area (Å²) in [7, 11) is 0. The van der Waals surface area contributed by atoms with Crippen LogP contribution in [0.5, 0.6) is 0 Å². The first-order valence-corrected chi connectivity index (χ1v) is 9.01. The fourth-order valence-electron chi connectivity index (χ4n) is 2.85. The summed E-state index contributed by atoms with van der Waals surface area (Å²) >= 11 is 12.0. The van der Waals surface area contributed by atoms with Crippen molar-refractivity contribution in [1.82, 2.24) is 15.1 Å². The van der Waals surface area contributed by atoms with E-state index in [1.807, 2.05) is 0 Å². The second kappa shape index (κ2) is 8.00. The molecular formula is C19H15Cl2N3O4. The molecule has 1 amide bonds. The van der Waals surface area contributed by atoms with Gasteiger partial charge in [-0.2, -0.15) is 5.10 Å². The van der Waals surface area contributed by atoms with Gasteiger partial charge in [0.15, 0.2) is 5.69 Å². The van der Waals surface area contributed by atoms with E-state index in [9.17, 15) is 19.5 Å². The number of carbonyl (C=O) groups excluding carboxylic acids is 1. The molecule has 9 heteroatoms. The van der Waals surface area contributed by atoms with E-state index in [-0.39, 0.29) is 16.5 Å². The summed E-state index contributed by atoms with van der Waals surface area (Å²) in [6.07, 6.45) is 0. The molecule has 0 radical (unpaired) electrons. The summed E-state index contributed by atoms with van der Waals surface area (Å²) in [5.74, 6) is -1.80. The van der Waals surface area contributed by atoms with Crippen LogP contribution < -0.4 is 10.9 Å². The SMILES string of the molecule is C[C@H](NC(=O)Cn1nc(C(=O)O)c2ccccc2c1=O)c1ccc(Cl)cc1Cl. The number of amides is 1. The molecule has 1 heterocycles. The standard InChI is InChI=1S/C19H15Cl2N3O4/c1-10(12-7-6-11(20)8-15(12)21)22-16(25)9-24-18(26)14-5-3-2-4-13(14)17(23-24)19(27)28/h2-8,10H,9H2,1H3,(H,22,25)(H,27,28)/t10-/m0/s1. The van der Waals surface area contributed by atoms with Crippen molar-refractivity contribution in [2.45, 2.75) is 19.5 Å². The van der Waals surface area contributed by atoms with Crippen molar-refractivity contribution in [3.63, 3.8) is 0 Å². The van der Waals surface area contributed by atoms with Crippen molar-refractivity contribution in [2.75, 3.05) is 0 Å². The molecule has 0 fully saturated rings. The van der Waals surface area contributed by atoms with E-state index in [1.54, 1.807) is 37.3 Å². The lowest BCUT2D eigenvalue weighted by atomic mass is 10.1. The minimum atomic E-state index is -1.29. The van der Waals surface area contributed by atoms with E-state index in [4.69, 9.17) is 23.2 Å². The van der Waals surface area contributed by atoms with E-state index >= 15 is 0 Å². The maximum Gasteiger partial charge on any atom is 0.357 e. The number of hydrogen-bond donors (Lipinski definition) is 2. The van der Waals surface area contributed by atoms with E-state index in [2.05, 4.69) is 10.4 Å². The number of carboxylic acids is 1. The van der Waals surface area contributed by atoms with Gasteiger partial charge in [-0.3, -0.25) is 9.59 Å². The summed E-state index contributed by atoms with van der Waals surface area (Å²) in [4.78, 5) is 36.5. The number of fused-ring (bicyclic) bond motifs is 1. The zero-order chi connectivity index (χ0) is 20.4. The molecular weight excluding hydrogens is 405 g/mol.